The zero-order valence-corrected chi connectivity index (χ0v) is 8.96. The summed E-state index contributed by atoms with van der Waals surface area (Å²) in [6, 6.07) is 0. The molecule has 84 valence electrons. The summed E-state index contributed by atoms with van der Waals surface area (Å²) >= 11 is 0. The second-order valence-corrected chi connectivity index (χ2v) is 3.51. The Labute approximate surface area is 92.4 Å². The number of nitrogens with two attached hydrogens (primary N) is 1. The van der Waals surface area contributed by atoms with Crippen LogP contribution in [-0.2, 0) is 0 Å². The Balaban J connectivity index is 2.25. The third-order valence-corrected chi connectivity index (χ3v) is 2.28. The van der Waals surface area contributed by atoms with Crippen molar-refractivity contribution < 1.29 is 0 Å². The number of anilines is 1. The Morgan fingerprint density at radius 2 is 2.44 bits per heavy atom. The van der Waals surface area contributed by atoms with E-state index in [0.717, 1.165) is 5.82 Å². The summed E-state index contributed by atoms with van der Waals surface area (Å²) in [5, 5.41) is 15.0. The van der Waals surface area contributed by atoms with Crippen LogP contribution in [0, 0.1) is 5.41 Å². The summed E-state index contributed by atoms with van der Waals surface area (Å²) in [6.07, 6.45) is 5.61. The molecule has 0 unspecified atom stereocenters. The van der Waals surface area contributed by atoms with Crippen LogP contribution in [-0.4, -0.2) is 39.0 Å². The van der Waals surface area contributed by atoms with Crippen LogP contribution in [0.25, 0.3) is 5.65 Å². The van der Waals surface area contributed by atoms with Gasteiger partial charge < -0.3 is 10.6 Å². The number of nitrogens with one attached hydrogen (secondary N) is 1. The second-order valence-electron chi connectivity index (χ2n) is 3.51. The number of hydrogen-bond donors (Lipinski definition) is 2. The van der Waals surface area contributed by atoms with Crippen LogP contribution in [0.4, 0.5) is 5.82 Å². The Hall–Kier alpha value is -2.18. The average Bonchev–Trinajstić information content (AvgIpc) is 2.73. The van der Waals surface area contributed by atoms with E-state index in [1.54, 1.807) is 23.1 Å². The minimum atomic E-state index is 0.167. The molecule has 0 aliphatic rings. The van der Waals surface area contributed by atoms with Crippen molar-refractivity contribution in [3.05, 3.63) is 18.7 Å². The predicted octanol–water partition coefficient (Wildman–Crippen LogP) is -0.113. The van der Waals surface area contributed by atoms with Crippen molar-refractivity contribution in [2.45, 2.75) is 6.42 Å². The van der Waals surface area contributed by atoms with Crippen LogP contribution < -0.4 is 10.6 Å². The van der Waals surface area contributed by atoms with Crippen molar-refractivity contribution in [3.63, 3.8) is 0 Å². The Kier molecular flexibility index (Phi) is 2.67. The summed E-state index contributed by atoms with van der Waals surface area (Å²) < 4.78 is 1.80. The van der Waals surface area contributed by atoms with Gasteiger partial charge in [-0.25, -0.2) is 4.98 Å². The van der Waals surface area contributed by atoms with E-state index >= 15 is 0 Å². The largest absolute Gasteiger partial charge is 0.388 e. The quantitative estimate of drug-likeness (QED) is 0.552. The molecule has 0 radical (unpaired) electrons. The van der Waals surface area contributed by atoms with Gasteiger partial charge >= 0.3 is 0 Å². The Bertz CT molecular complexity index is 503. The minimum absolute atomic E-state index is 0.167. The molecule has 7 heteroatoms. The topological polar surface area (TPSA) is 96.2 Å². The molecule has 0 saturated carbocycles. The van der Waals surface area contributed by atoms with Gasteiger partial charge in [-0.05, 0) is 0 Å². The highest BCUT2D eigenvalue weighted by atomic mass is 15.3. The van der Waals surface area contributed by atoms with Gasteiger partial charge in [0, 0.05) is 32.4 Å². The summed E-state index contributed by atoms with van der Waals surface area (Å²) in [6.45, 7) is 0.634. The molecule has 0 spiro atoms. The van der Waals surface area contributed by atoms with E-state index in [1.807, 2.05) is 11.9 Å². The van der Waals surface area contributed by atoms with E-state index in [9.17, 15) is 0 Å². The lowest BCUT2D eigenvalue weighted by molar-refractivity contribution is 0.884. The Morgan fingerprint density at radius 1 is 1.62 bits per heavy atom. The maximum atomic E-state index is 7.18. The number of amidine groups is 1. The third kappa shape index (κ3) is 1.92. The molecule has 0 bridgehead atoms. The molecule has 0 saturated heterocycles. The van der Waals surface area contributed by atoms with E-state index in [0.29, 0.717) is 18.6 Å². The molecule has 16 heavy (non-hydrogen) atoms. The predicted molar refractivity (Wildman–Crippen MR) is 60.6 cm³/mol. The maximum absolute atomic E-state index is 7.18. The summed E-state index contributed by atoms with van der Waals surface area (Å²) in [7, 11) is 1.89. The first-order valence-corrected chi connectivity index (χ1v) is 4.87. The van der Waals surface area contributed by atoms with Gasteiger partial charge in [-0.3, -0.25) is 9.81 Å². The normalized spacial score (nSPS) is 10.6. The van der Waals surface area contributed by atoms with Gasteiger partial charge in [0.25, 0.3) is 0 Å². The van der Waals surface area contributed by atoms with Gasteiger partial charge in [-0.1, -0.05) is 0 Å². The molecule has 0 aliphatic carbocycles. The molecule has 2 heterocycles. The summed E-state index contributed by atoms with van der Waals surface area (Å²) in [5.74, 6) is 0.904. The van der Waals surface area contributed by atoms with E-state index < -0.39 is 0 Å². The molecule has 2 rings (SSSR count). The molecule has 0 fully saturated rings. The zero-order valence-electron chi connectivity index (χ0n) is 8.96. The van der Waals surface area contributed by atoms with Crippen LogP contribution in [0.15, 0.2) is 18.7 Å². The first kappa shape index (κ1) is 10.3. The fourth-order valence-corrected chi connectivity index (χ4v) is 1.41. The Morgan fingerprint density at radius 3 is 3.19 bits per heavy atom. The first-order valence-electron chi connectivity index (χ1n) is 4.87. The third-order valence-electron chi connectivity index (χ3n) is 2.28. The van der Waals surface area contributed by atoms with Gasteiger partial charge in [0.2, 0.25) is 5.65 Å². The molecule has 2 aromatic rings. The molecular weight excluding hydrogens is 206 g/mol. The van der Waals surface area contributed by atoms with Crippen LogP contribution in [0.2, 0.25) is 0 Å². The fourth-order valence-electron chi connectivity index (χ4n) is 1.41. The van der Waals surface area contributed by atoms with Gasteiger partial charge in [0.05, 0.1) is 5.84 Å². The van der Waals surface area contributed by atoms with Gasteiger partial charge in [0.1, 0.15) is 6.33 Å². The molecule has 2 aromatic heterocycles. The van der Waals surface area contributed by atoms with Gasteiger partial charge in [-0.15, -0.1) is 10.2 Å². The van der Waals surface area contributed by atoms with Gasteiger partial charge in [0.15, 0.2) is 5.82 Å². The molecule has 0 atom stereocenters. The fraction of sp³-hybridized carbons (Fsp3) is 0.333. The monoisotopic (exact) mass is 219 g/mol. The van der Waals surface area contributed by atoms with Crippen molar-refractivity contribution in [2.24, 2.45) is 5.73 Å². The van der Waals surface area contributed by atoms with E-state index in [1.165, 1.54) is 0 Å². The molecule has 0 amide bonds. The minimum Gasteiger partial charge on any atom is -0.388 e. The van der Waals surface area contributed by atoms with Crippen LogP contribution in [0.5, 0.6) is 0 Å². The standard InChI is InChI=1S/C9H13N7/c1-15(4-2-7(10)11)8-9-14-13-6-16(9)5-3-12-8/h3,5-6H,2,4H2,1H3,(H3,10,11). The van der Waals surface area contributed by atoms with Crippen molar-refractivity contribution in [1.29, 1.82) is 5.41 Å². The van der Waals surface area contributed by atoms with Crippen LogP contribution in [0.1, 0.15) is 6.42 Å². The maximum Gasteiger partial charge on any atom is 0.203 e. The highest BCUT2D eigenvalue weighted by molar-refractivity contribution is 5.77. The van der Waals surface area contributed by atoms with E-state index in [-0.39, 0.29) is 5.84 Å². The highest BCUT2D eigenvalue weighted by Gasteiger charge is 2.09. The molecule has 0 aliphatic heterocycles. The smallest absolute Gasteiger partial charge is 0.203 e. The molecule has 7 nitrogen and oxygen atoms in total. The zero-order chi connectivity index (χ0) is 11.5. The number of hydrogen-bond acceptors (Lipinski definition) is 5. The number of nitrogens with zero attached hydrogens (tertiary/aromatic N) is 5. The number of aromatic nitrogens is 4. The lowest BCUT2D eigenvalue weighted by Crippen LogP contribution is -2.25. The van der Waals surface area contributed by atoms with Crippen LogP contribution >= 0.6 is 0 Å². The van der Waals surface area contributed by atoms with Crippen LogP contribution in [0.3, 0.4) is 0 Å². The number of fused-ring (bicyclic) bond motifs is 1. The summed E-state index contributed by atoms with van der Waals surface area (Å²) in [4.78, 5) is 6.16. The SMILES string of the molecule is CN(CCC(=N)N)c1nccn2cnnc12. The molecular formula is C9H13N7. The lowest BCUT2D eigenvalue weighted by Gasteiger charge is -2.17. The van der Waals surface area contributed by atoms with Crippen molar-refractivity contribution in [3.8, 4) is 0 Å². The van der Waals surface area contributed by atoms with Crippen molar-refractivity contribution in [1.82, 2.24) is 19.6 Å². The van der Waals surface area contributed by atoms with Gasteiger partial charge in [-0.2, -0.15) is 0 Å². The van der Waals surface area contributed by atoms with Crippen molar-refractivity contribution >= 4 is 17.3 Å². The van der Waals surface area contributed by atoms with Crippen molar-refractivity contribution in [2.75, 3.05) is 18.5 Å². The lowest BCUT2D eigenvalue weighted by atomic mass is 10.3. The summed E-state index contributed by atoms with van der Waals surface area (Å²) in [5.41, 5.74) is 6.02. The first-order chi connectivity index (χ1) is 7.68. The van der Waals surface area contributed by atoms with E-state index in [4.69, 9.17) is 11.1 Å². The number of rotatable bonds is 4. The molecule has 3 N–H and O–H groups in total. The highest BCUT2D eigenvalue weighted by Crippen LogP contribution is 2.14. The van der Waals surface area contributed by atoms with E-state index in [2.05, 4.69) is 15.2 Å². The average molecular weight is 219 g/mol. The molecule has 0 aromatic carbocycles. The second kappa shape index (κ2) is 4.13.